The van der Waals surface area contributed by atoms with Gasteiger partial charge in [-0.2, -0.15) is 0 Å². The summed E-state index contributed by atoms with van der Waals surface area (Å²) in [6, 6.07) is 8.87. The number of carbonyl (C=O) groups excluding carboxylic acids is 1. The third-order valence-electron chi connectivity index (χ3n) is 4.15. The maximum Gasteiger partial charge on any atom is 0.319 e. The Labute approximate surface area is 175 Å². The number of nitrogens with one attached hydrogen (secondary N) is 2. The second kappa shape index (κ2) is 10.5. The van der Waals surface area contributed by atoms with Gasteiger partial charge in [-0.05, 0) is 36.4 Å². The average molecular weight is 413 g/mol. The number of allylic oxidation sites excluding steroid dienone is 1. The van der Waals surface area contributed by atoms with Crippen molar-refractivity contribution in [3.63, 3.8) is 0 Å². The number of carbonyl (C=O) groups is 1. The van der Waals surface area contributed by atoms with Crippen molar-refractivity contribution >= 4 is 23.1 Å². The zero-order valence-corrected chi connectivity index (χ0v) is 17.4. The molecule has 0 atom stereocenters. The summed E-state index contributed by atoms with van der Waals surface area (Å²) < 4.78 is 13.5. The Morgan fingerprint density at radius 2 is 2.07 bits per heavy atom. The van der Waals surface area contributed by atoms with E-state index in [1.165, 1.54) is 18.3 Å². The largest absolute Gasteiger partial charge is 0.402 e. The highest BCUT2D eigenvalue weighted by atomic mass is 19.1. The third kappa shape index (κ3) is 7.63. The molecule has 0 saturated heterocycles. The molecule has 0 aliphatic carbocycles. The van der Waals surface area contributed by atoms with Gasteiger partial charge in [-0.3, -0.25) is 9.98 Å². The Hall–Kier alpha value is -3.26. The van der Waals surface area contributed by atoms with Crippen LogP contribution in [0, 0.1) is 11.2 Å². The highest BCUT2D eigenvalue weighted by Crippen LogP contribution is 2.21. The first-order valence-corrected chi connectivity index (χ1v) is 9.59. The van der Waals surface area contributed by atoms with E-state index in [9.17, 15) is 9.18 Å². The molecule has 1 aromatic heterocycles. The van der Waals surface area contributed by atoms with Crippen LogP contribution in [0.3, 0.4) is 0 Å². The van der Waals surface area contributed by atoms with Crippen LogP contribution in [0.4, 0.5) is 20.6 Å². The number of anilines is 1. The van der Waals surface area contributed by atoms with E-state index >= 15 is 0 Å². The summed E-state index contributed by atoms with van der Waals surface area (Å²) in [6.45, 7) is 6.00. The van der Waals surface area contributed by atoms with E-state index in [4.69, 9.17) is 10.8 Å². The number of benzene rings is 1. The van der Waals surface area contributed by atoms with Crippen LogP contribution in [0.5, 0.6) is 0 Å². The van der Waals surface area contributed by atoms with Gasteiger partial charge in [0.1, 0.15) is 5.82 Å². The van der Waals surface area contributed by atoms with Crippen molar-refractivity contribution in [2.45, 2.75) is 27.2 Å². The molecule has 1 aromatic carbocycles. The normalized spacial score (nSPS) is 12.6. The monoisotopic (exact) mass is 413 g/mol. The number of aromatic nitrogens is 1. The number of aliphatic hydroxyl groups excluding tert-OH is 1. The molecule has 0 aliphatic rings. The highest BCUT2D eigenvalue weighted by Gasteiger charge is 2.15. The summed E-state index contributed by atoms with van der Waals surface area (Å²) in [7, 11) is 0. The number of nitrogens with two attached hydrogens (primary N) is 1. The van der Waals surface area contributed by atoms with E-state index in [0.717, 1.165) is 5.69 Å². The molecule has 0 fully saturated rings. The maximum atomic E-state index is 13.5. The first kappa shape index (κ1) is 23.0. The second-order valence-corrected chi connectivity index (χ2v) is 7.75. The predicted molar refractivity (Wildman–Crippen MR) is 117 cm³/mol. The summed E-state index contributed by atoms with van der Waals surface area (Å²) in [5.74, 6) is -0.397. The van der Waals surface area contributed by atoms with Crippen molar-refractivity contribution < 1.29 is 14.3 Å². The Morgan fingerprint density at radius 3 is 2.67 bits per heavy atom. The standard InChI is InChI=1S/C22H28FN5O2/c1-22(2,3)20(24)12-19(27-17-6-4-5-15(23)11-17)14-26-21(30)28-18-8-7-16(9-10-29)25-13-18/h4-8,11-13,29H,9-10,14,24H2,1-3H3,(H2,26,28,30). The molecular formula is C22H28FN5O2. The van der Waals surface area contributed by atoms with Gasteiger partial charge in [0.05, 0.1) is 29.8 Å². The summed E-state index contributed by atoms with van der Waals surface area (Å²) in [6.07, 6.45) is 3.66. The van der Waals surface area contributed by atoms with Crippen molar-refractivity contribution in [2.24, 2.45) is 16.1 Å². The van der Waals surface area contributed by atoms with Gasteiger partial charge < -0.3 is 21.5 Å². The minimum absolute atomic E-state index is 0.0128. The number of aliphatic hydroxyl groups is 1. The quantitative estimate of drug-likeness (QED) is 0.520. The molecule has 0 unspecified atom stereocenters. The van der Waals surface area contributed by atoms with Crippen LogP contribution in [0.1, 0.15) is 26.5 Å². The number of aliphatic imine (C=N–C) groups is 1. The Morgan fingerprint density at radius 1 is 1.30 bits per heavy atom. The van der Waals surface area contributed by atoms with Crippen molar-refractivity contribution in [1.29, 1.82) is 0 Å². The van der Waals surface area contributed by atoms with Crippen molar-refractivity contribution in [3.05, 3.63) is 65.9 Å². The van der Waals surface area contributed by atoms with Gasteiger partial charge in [0.2, 0.25) is 0 Å². The second-order valence-electron chi connectivity index (χ2n) is 7.75. The first-order valence-electron chi connectivity index (χ1n) is 9.59. The zero-order chi connectivity index (χ0) is 22.1. The molecule has 7 nitrogen and oxygen atoms in total. The van der Waals surface area contributed by atoms with Crippen LogP contribution in [0.2, 0.25) is 0 Å². The average Bonchev–Trinajstić information content (AvgIpc) is 2.67. The molecule has 2 amide bonds. The van der Waals surface area contributed by atoms with Crippen molar-refractivity contribution in [3.8, 4) is 0 Å². The minimum Gasteiger partial charge on any atom is -0.402 e. The van der Waals surface area contributed by atoms with Gasteiger partial charge in [-0.15, -0.1) is 0 Å². The van der Waals surface area contributed by atoms with E-state index in [2.05, 4.69) is 20.6 Å². The van der Waals surface area contributed by atoms with E-state index in [1.807, 2.05) is 20.8 Å². The summed E-state index contributed by atoms with van der Waals surface area (Å²) in [4.78, 5) is 20.8. The van der Waals surface area contributed by atoms with Gasteiger partial charge in [-0.1, -0.05) is 26.8 Å². The molecule has 0 aliphatic heterocycles. The lowest BCUT2D eigenvalue weighted by Gasteiger charge is -2.19. The molecule has 1 heterocycles. The summed E-state index contributed by atoms with van der Waals surface area (Å²) >= 11 is 0. The van der Waals surface area contributed by atoms with Gasteiger partial charge >= 0.3 is 6.03 Å². The fourth-order valence-electron chi connectivity index (χ4n) is 2.34. The number of halogens is 1. The van der Waals surface area contributed by atoms with Crippen LogP contribution in [-0.4, -0.2) is 35.0 Å². The summed E-state index contributed by atoms with van der Waals surface area (Å²) in [5.41, 5.74) is 8.62. The molecule has 0 radical (unpaired) electrons. The number of rotatable bonds is 7. The molecular weight excluding hydrogens is 385 g/mol. The molecule has 8 heteroatoms. The Bertz CT molecular complexity index is 918. The number of nitrogens with zero attached hydrogens (tertiary/aromatic N) is 2. The van der Waals surface area contributed by atoms with Gasteiger partial charge in [-0.25, -0.2) is 9.18 Å². The van der Waals surface area contributed by atoms with Crippen molar-refractivity contribution in [1.82, 2.24) is 10.3 Å². The topological polar surface area (TPSA) is 113 Å². The number of urea groups is 1. The van der Waals surface area contributed by atoms with Crippen LogP contribution < -0.4 is 16.4 Å². The summed E-state index contributed by atoms with van der Waals surface area (Å²) in [5, 5.41) is 14.3. The van der Waals surface area contributed by atoms with Crippen LogP contribution >= 0.6 is 0 Å². The number of hydrogen-bond donors (Lipinski definition) is 4. The van der Waals surface area contributed by atoms with Gasteiger partial charge in [0.15, 0.2) is 0 Å². The lowest BCUT2D eigenvalue weighted by molar-refractivity contribution is 0.253. The van der Waals surface area contributed by atoms with E-state index in [0.29, 0.717) is 29.2 Å². The Kier molecular flexibility index (Phi) is 8.06. The van der Waals surface area contributed by atoms with Crippen LogP contribution in [-0.2, 0) is 6.42 Å². The number of amides is 2. The lowest BCUT2D eigenvalue weighted by Crippen LogP contribution is -2.33. The van der Waals surface area contributed by atoms with E-state index < -0.39 is 11.8 Å². The molecule has 0 spiro atoms. The lowest BCUT2D eigenvalue weighted by atomic mass is 9.91. The maximum absolute atomic E-state index is 13.5. The molecule has 160 valence electrons. The van der Waals surface area contributed by atoms with E-state index in [1.54, 1.807) is 30.3 Å². The van der Waals surface area contributed by atoms with Gasteiger partial charge in [0, 0.05) is 29.8 Å². The Balaban J connectivity index is 2.10. The van der Waals surface area contributed by atoms with Crippen LogP contribution in [0.25, 0.3) is 0 Å². The number of hydrogen-bond acceptors (Lipinski definition) is 5. The molecule has 2 aromatic rings. The molecule has 0 bridgehead atoms. The molecule has 0 saturated carbocycles. The fraction of sp³-hybridized carbons (Fsp3) is 0.318. The molecule has 30 heavy (non-hydrogen) atoms. The molecule has 2 rings (SSSR count). The highest BCUT2D eigenvalue weighted by molar-refractivity contribution is 6.01. The smallest absolute Gasteiger partial charge is 0.319 e. The van der Waals surface area contributed by atoms with Crippen molar-refractivity contribution in [2.75, 3.05) is 18.5 Å². The SMILES string of the molecule is CC(C)(C)C(N)=CC(CNC(=O)Nc1ccc(CCO)nc1)=Nc1cccc(F)c1. The predicted octanol–water partition coefficient (Wildman–Crippen LogP) is 3.54. The fourth-order valence-corrected chi connectivity index (χ4v) is 2.34. The molecule has 5 N–H and O–H groups in total. The van der Waals surface area contributed by atoms with Gasteiger partial charge in [0.25, 0.3) is 0 Å². The van der Waals surface area contributed by atoms with E-state index in [-0.39, 0.29) is 18.6 Å². The first-order chi connectivity index (χ1) is 14.2. The number of pyridine rings is 1. The minimum atomic E-state index is -0.443. The third-order valence-corrected chi connectivity index (χ3v) is 4.15. The zero-order valence-electron chi connectivity index (χ0n) is 17.4. The van der Waals surface area contributed by atoms with Crippen LogP contribution in [0.15, 0.2) is 59.4 Å².